The van der Waals surface area contributed by atoms with Crippen LogP contribution in [0.3, 0.4) is 0 Å². The average molecular weight is 326 g/mol. The van der Waals surface area contributed by atoms with Crippen LogP contribution in [0.25, 0.3) is 0 Å². The van der Waals surface area contributed by atoms with Crippen LogP contribution in [-0.4, -0.2) is 11.1 Å². The van der Waals surface area contributed by atoms with Gasteiger partial charge in [-0.25, -0.2) is 4.79 Å². The maximum absolute atomic E-state index is 10.2. The normalized spacial score (nSPS) is 13.4. The van der Waals surface area contributed by atoms with E-state index in [0.717, 1.165) is 44.6 Å². The average Bonchev–Trinajstić information content (AvgIpc) is 2.56. The summed E-state index contributed by atoms with van der Waals surface area (Å²) in [6.45, 7) is 2.14. The highest BCUT2D eigenvalue weighted by atomic mass is 16.4. The summed E-state index contributed by atoms with van der Waals surface area (Å²) < 4.78 is 0. The van der Waals surface area contributed by atoms with Crippen LogP contribution in [0.2, 0.25) is 0 Å². The lowest BCUT2D eigenvalue weighted by Gasteiger charge is -1.85. The van der Waals surface area contributed by atoms with Crippen LogP contribution in [0.5, 0.6) is 0 Å². The molecule has 0 unspecified atom stereocenters. The molecular weight excluding hydrogens is 296 g/mol. The van der Waals surface area contributed by atoms with E-state index in [-0.39, 0.29) is 0 Å². The molecule has 1 N–H and O–H groups in total. The number of hydrogen-bond donors (Lipinski definition) is 1. The first-order valence-corrected chi connectivity index (χ1v) is 8.58. The summed E-state index contributed by atoms with van der Waals surface area (Å²) in [6.07, 6.45) is 33.8. The molecule has 0 aliphatic heterocycles. The Bertz CT molecular complexity index is 500. The van der Waals surface area contributed by atoms with E-state index in [9.17, 15) is 4.79 Å². The summed E-state index contributed by atoms with van der Waals surface area (Å²) >= 11 is 0. The van der Waals surface area contributed by atoms with Crippen LogP contribution in [-0.2, 0) is 4.79 Å². The van der Waals surface area contributed by atoms with Crippen LogP contribution in [0.4, 0.5) is 0 Å². The molecule has 0 fully saturated rings. The number of hydrogen-bond acceptors (Lipinski definition) is 1. The van der Waals surface area contributed by atoms with Crippen molar-refractivity contribution in [1.29, 1.82) is 0 Å². The number of allylic oxidation sites excluding steroid dienone is 13. The Labute approximate surface area is 147 Å². The summed E-state index contributed by atoms with van der Waals surface area (Å²) in [5.74, 6) is -0.922. The van der Waals surface area contributed by atoms with Gasteiger partial charge in [-0.05, 0) is 38.5 Å². The fourth-order valence-corrected chi connectivity index (χ4v) is 1.72. The minimum Gasteiger partial charge on any atom is -0.478 e. The lowest BCUT2D eigenvalue weighted by atomic mass is 10.2. The van der Waals surface area contributed by atoms with E-state index in [1.165, 1.54) is 6.08 Å². The molecule has 0 aromatic carbocycles. The summed E-state index contributed by atoms with van der Waals surface area (Å²) in [7, 11) is 0. The first kappa shape index (κ1) is 21.6. The highest BCUT2D eigenvalue weighted by Gasteiger charge is 1.80. The standard InChI is InChI=1S/C22H30O2/c1-2-3-4-5-6-7-8-9-10-11-12-13-14-15-16-17-18-19-20-21-22(23)24/h3-4,6-7,9-10,12-13,15-16,18-21H,2,5,8,11,14,17H2,1H3,(H,23,24)/b4-3?,7-6?,10-9?,13-12?,16-15?,19-18?,21-20+. The van der Waals surface area contributed by atoms with Crippen molar-refractivity contribution in [3.8, 4) is 0 Å². The van der Waals surface area contributed by atoms with Crippen molar-refractivity contribution < 1.29 is 9.90 Å². The second-order valence-electron chi connectivity index (χ2n) is 5.07. The van der Waals surface area contributed by atoms with E-state index < -0.39 is 5.97 Å². The Morgan fingerprint density at radius 1 is 0.625 bits per heavy atom. The van der Waals surface area contributed by atoms with Gasteiger partial charge in [-0.3, -0.25) is 0 Å². The number of carbonyl (C=O) groups is 1. The van der Waals surface area contributed by atoms with Gasteiger partial charge in [0.15, 0.2) is 0 Å². The molecule has 2 heteroatoms. The third-order valence-corrected chi connectivity index (χ3v) is 2.92. The van der Waals surface area contributed by atoms with Crippen LogP contribution >= 0.6 is 0 Å². The highest BCUT2D eigenvalue weighted by Crippen LogP contribution is 1.96. The van der Waals surface area contributed by atoms with Gasteiger partial charge in [0.2, 0.25) is 0 Å². The third-order valence-electron chi connectivity index (χ3n) is 2.92. The largest absolute Gasteiger partial charge is 0.478 e. The molecule has 24 heavy (non-hydrogen) atoms. The lowest BCUT2D eigenvalue weighted by Crippen LogP contribution is -1.84. The first-order chi connectivity index (χ1) is 11.8. The number of rotatable bonds is 13. The van der Waals surface area contributed by atoms with Gasteiger partial charge in [0.1, 0.15) is 0 Å². The van der Waals surface area contributed by atoms with Gasteiger partial charge >= 0.3 is 5.97 Å². The molecule has 0 bridgehead atoms. The molecule has 130 valence electrons. The van der Waals surface area contributed by atoms with Crippen molar-refractivity contribution in [1.82, 2.24) is 0 Å². The zero-order valence-corrected chi connectivity index (χ0v) is 14.7. The Hall–Kier alpha value is -2.35. The molecule has 0 aliphatic rings. The smallest absolute Gasteiger partial charge is 0.328 e. The topological polar surface area (TPSA) is 37.3 Å². The van der Waals surface area contributed by atoms with Gasteiger partial charge in [-0.15, -0.1) is 0 Å². The van der Waals surface area contributed by atoms with Crippen molar-refractivity contribution in [2.45, 2.75) is 45.4 Å². The third kappa shape index (κ3) is 19.7. The van der Waals surface area contributed by atoms with Gasteiger partial charge < -0.3 is 5.11 Å². The molecule has 0 aromatic heterocycles. The summed E-state index contributed by atoms with van der Waals surface area (Å²) in [5.41, 5.74) is 0. The monoisotopic (exact) mass is 326 g/mol. The first-order valence-electron chi connectivity index (χ1n) is 8.58. The minimum absolute atomic E-state index is 0.817. The molecule has 0 radical (unpaired) electrons. The van der Waals surface area contributed by atoms with Crippen LogP contribution in [0.15, 0.2) is 85.1 Å². The molecule has 0 spiro atoms. The van der Waals surface area contributed by atoms with Gasteiger partial charge in [0.05, 0.1) is 0 Å². The highest BCUT2D eigenvalue weighted by molar-refractivity contribution is 5.80. The molecule has 0 saturated carbocycles. The van der Waals surface area contributed by atoms with Gasteiger partial charge in [-0.2, -0.15) is 0 Å². The molecule has 2 nitrogen and oxygen atoms in total. The van der Waals surface area contributed by atoms with Gasteiger partial charge in [-0.1, -0.05) is 85.9 Å². The summed E-state index contributed by atoms with van der Waals surface area (Å²) in [4.78, 5) is 10.2. The molecule has 0 saturated heterocycles. The van der Waals surface area contributed by atoms with E-state index in [4.69, 9.17) is 5.11 Å². The zero-order chi connectivity index (χ0) is 17.7. The predicted molar refractivity (Wildman–Crippen MR) is 105 cm³/mol. The lowest BCUT2D eigenvalue weighted by molar-refractivity contribution is -0.131. The molecule has 0 aromatic rings. The molecule has 0 amide bonds. The maximum atomic E-state index is 10.2. The fraction of sp³-hybridized carbons (Fsp3) is 0.318. The zero-order valence-electron chi connectivity index (χ0n) is 14.7. The quantitative estimate of drug-likeness (QED) is 0.244. The fourth-order valence-electron chi connectivity index (χ4n) is 1.72. The van der Waals surface area contributed by atoms with Crippen molar-refractivity contribution in [3.63, 3.8) is 0 Å². The Morgan fingerprint density at radius 3 is 1.38 bits per heavy atom. The Kier molecular flexibility index (Phi) is 16.9. The van der Waals surface area contributed by atoms with Crippen LogP contribution in [0.1, 0.15) is 45.4 Å². The van der Waals surface area contributed by atoms with Crippen LogP contribution < -0.4 is 0 Å². The molecule has 0 heterocycles. The number of carboxylic acid groups (broad SMARTS) is 1. The van der Waals surface area contributed by atoms with E-state index in [2.05, 4.69) is 67.7 Å². The molecule has 0 rings (SSSR count). The van der Waals surface area contributed by atoms with E-state index in [1.54, 1.807) is 6.08 Å². The van der Waals surface area contributed by atoms with Crippen LogP contribution in [0, 0.1) is 0 Å². The SMILES string of the molecule is CCC=CCC=CCC=CCC=CCC=CCC=C/C=C/C(=O)O. The number of carboxylic acids is 1. The van der Waals surface area contributed by atoms with Crippen molar-refractivity contribution in [2.75, 3.05) is 0 Å². The van der Waals surface area contributed by atoms with Crippen molar-refractivity contribution in [3.05, 3.63) is 85.1 Å². The number of aliphatic carboxylic acids is 1. The minimum atomic E-state index is -0.922. The van der Waals surface area contributed by atoms with E-state index in [1.807, 2.05) is 6.08 Å². The molecule has 0 atom stereocenters. The maximum Gasteiger partial charge on any atom is 0.328 e. The van der Waals surface area contributed by atoms with Gasteiger partial charge in [0, 0.05) is 6.08 Å². The Balaban J connectivity index is 3.58. The second kappa shape index (κ2) is 18.7. The van der Waals surface area contributed by atoms with Gasteiger partial charge in [0.25, 0.3) is 0 Å². The summed E-state index contributed by atoms with van der Waals surface area (Å²) in [5, 5.41) is 8.40. The second-order valence-corrected chi connectivity index (χ2v) is 5.07. The van der Waals surface area contributed by atoms with E-state index in [0.29, 0.717) is 0 Å². The Morgan fingerprint density at radius 2 is 1.00 bits per heavy atom. The van der Waals surface area contributed by atoms with E-state index >= 15 is 0 Å². The predicted octanol–water partition coefficient (Wildman–Crippen LogP) is 6.32. The summed E-state index contributed by atoms with van der Waals surface area (Å²) in [6, 6.07) is 0. The molecule has 0 aliphatic carbocycles. The molecular formula is C22H30O2. The van der Waals surface area contributed by atoms with Crippen molar-refractivity contribution in [2.24, 2.45) is 0 Å². The van der Waals surface area contributed by atoms with Crippen molar-refractivity contribution >= 4 is 5.97 Å².